The molecule has 1 fully saturated rings. The first kappa shape index (κ1) is 11.0. The maximum atomic E-state index is 9.51. The Bertz CT molecular complexity index is 540. The molecule has 1 aliphatic heterocycles. The second-order valence-electron chi connectivity index (χ2n) is 4.24. The largest absolute Gasteiger partial charge is 0.497 e. The summed E-state index contributed by atoms with van der Waals surface area (Å²) in [6.45, 7) is 0.657. The number of thiazole rings is 1. The molecule has 3 rings (SSSR count). The minimum Gasteiger partial charge on any atom is -0.497 e. The molecule has 0 spiro atoms. The summed E-state index contributed by atoms with van der Waals surface area (Å²) in [4.78, 5) is 4.60. The summed E-state index contributed by atoms with van der Waals surface area (Å²) < 4.78 is 6.34. The molecule has 17 heavy (non-hydrogen) atoms. The van der Waals surface area contributed by atoms with E-state index in [1.165, 1.54) is 0 Å². The van der Waals surface area contributed by atoms with Crippen molar-refractivity contribution in [3.63, 3.8) is 0 Å². The molecule has 0 amide bonds. The number of aliphatic hydroxyl groups is 1. The number of nitrogens with zero attached hydrogens (tertiary/aromatic N) is 1. The van der Waals surface area contributed by atoms with Gasteiger partial charge in [0.25, 0.3) is 0 Å². The fourth-order valence-corrected chi connectivity index (χ4v) is 3.14. The molecule has 1 aliphatic rings. The molecular formula is C12H14N2O2S. The van der Waals surface area contributed by atoms with Crippen LogP contribution in [0.3, 0.4) is 0 Å². The van der Waals surface area contributed by atoms with Crippen LogP contribution >= 0.6 is 11.3 Å². The number of aromatic nitrogens is 1. The Morgan fingerprint density at radius 2 is 2.41 bits per heavy atom. The van der Waals surface area contributed by atoms with E-state index in [1.807, 2.05) is 18.2 Å². The molecule has 90 valence electrons. The highest BCUT2D eigenvalue weighted by molar-refractivity contribution is 7.18. The van der Waals surface area contributed by atoms with Gasteiger partial charge in [-0.25, -0.2) is 4.98 Å². The number of aliphatic hydroxyl groups excluding tert-OH is 1. The lowest BCUT2D eigenvalue weighted by Crippen LogP contribution is -2.14. The minimum absolute atomic E-state index is 0.188. The van der Waals surface area contributed by atoms with E-state index in [0.29, 0.717) is 6.54 Å². The molecule has 0 bridgehead atoms. The Kier molecular flexibility index (Phi) is 2.74. The standard InChI is InChI=1S/C12H14N2O2S/c1-16-8-2-3-11-9(5-8)14-12(17-11)10-4-7(15)6-13-10/h2-3,5,7,10,13,15H,4,6H2,1H3. The Labute approximate surface area is 103 Å². The second kappa shape index (κ2) is 4.25. The van der Waals surface area contributed by atoms with Crippen molar-refractivity contribution in [1.82, 2.24) is 10.3 Å². The lowest BCUT2D eigenvalue weighted by Gasteiger charge is -2.03. The third kappa shape index (κ3) is 2.01. The Balaban J connectivity index is 1.96. The quantitative estimate of drug-likeness (QED) is 0.852. The first-order valence-electron chi connectivity index (χ1n) is 5.62. The first-order chi connectivity index (χ1) is 8.26. The fourth-order valence-electron chi connectivity index (χ4n) is 2.11. The van der Waals surface area contributed by atoms with Crippen molar-refractivity contribution in [1.29, 1.82) is 0 Å². The van der Waals surface area contributed by atoms with E-state index in [4.69, 9.17) is 4.74 Å². The van der Waals surface area contributed by atoms with Crippen LogP contribution in [-0.4, -0.2) is 29.8 Å². The number of hydrogen-bond acceptors (Lipinski definition) is 5. The van der Waals surface area contributed by atoms with Gasteiger partial charge in [0.1, 0.15) is 10.8 Å². The fraction of sp³-hybridized carbons (Fsp3) is 0.417. The van der Waals surface area contributed by atoms with E-state index in [9.17, 15) is 5.11 Å². The first-order valence-corrected chi connectivity index (χ1v) is 6.44. The van der Waals surface area contributed by atoms with E-state index in [2.05, 4.69) is 10.3 Å². The van der Waals surface area contributed by atoms with Crippen molar-refractivity contribution < 1.29 is 9.84 Å². The van der Waals surface area contributed by atoms with Crippen LogP contribution in [-0.2, 0) is 0 Å². The highest BCUT2D eigenvalue weighted by Crippen LogP contribution is 2.32. The Morgan fingerprint density at radius 3 is 3.12 bits per heavy atom. The van der Waals surface area contributed by atoms with Crippen LogP contribution in [0.15, 0.2) is 18.2 Å². The molecule has 5 heteroatoms. The lowest BCUT2D eigenvalue weighted by molar-refractivity contribution is 0.193. The van der Waals surface area contributed by atoms with Gasteiger partial charge in [-0.05, 0) is 18.6 Å². The van der Waals surface area contributed by atoms with Crippen LogP contribution in [0.5, 0.6) is 5.75 Å². The van der Waals surface area contributed by atoms with Gasteiger partial charge in [0.05, 0.1) is 29.5 Å². The number of fused-ring (bicyclic) bond motifs is 1. The molecule has 2 N–H and O–H groups in total. The molecule has 0 aliphatic carbocycles. The predicted octanol–water partition coefficient (Wildman–Crippen LogP) is 1.70. The molecular weight excluding hydrogens is 236 g/mol. The number of ether oxygens (including phenoxy) is 1. The molecule has 0 saturated carbocycles. The molecule has 2 aromatic rings. The zero-order valence-corrected chi connectivity index (χ0v) is 10.3. The third-order valence-corrected chi connectivity index (χ3v) is 4.17. The number of methoxy groups -OCH3 is 1. The molecule has 2 heterocycles. The van der Waals surface area contributed by atoms with Gasteiger partial charge in [-0.15, -0.1) is 11.3 Å². The number of rotatable bonds is 2. The van der Waals surface area contributed by atoms with Crippen LogP contribution < -0.4 is 10.1 Å². The maximum absolute atomic E-state index is 9.51. The SMILES string of the molecule is COc1ccc2sc(C3CC(O)CN3)nc2c1. The minimum atomic E-state index is -0.249. The number of benzene rings is 1. The highest BCUT2D eigenvalue weighted by Gasteiger charge is 2.26. The van der Waals surface area contributed by atoms with Crippen molar-refractivity contribution in [3.05, 3.63) is 23.2 Å². The van der Waals surface area contributed by atoms with Gasteiger partial charge in [-0.3, -0.25) is 0 Å². The average molecular weight is 250 g/mol. The van der Waals surface area contributed by atoms with Crippen molar-refractivity contribution in [2.24, 2.45) is 0 Å². The van der Waals surface area contributed by atoms with Crippen molar-refractivity contribution in [3.8, 4) is 5.75 Å². The number of nitrogens with one attached hydrogen (secondary N) is 1. The third-order valence-electron chi connectivity index (χ3n) is 3.02. The van der Waals surface area contributed by atoms with E-state index < -0.39 is 0 Å². The van der Waals surface area contributed by atoms with Gasteiger partial charge in [-0.1, -0.05) is 0 Å². The summed E-state index contributed by atoms with van der Waals surface area (Å²) >= 11 is 1.68. The van der Waals surface area contributed by atoms with Crippen molar-refractivity contribution in [2.75, 3.05) is 13.7 Å². The summed E-state index contributed by atoms with van der Waals surface area (Å²) in [7, 11) is 1.66. The number of β-amino-alcohol motifs (C(OH)–C–C–N with tert-alkyl or cyclic N) is 1. The molecule has 2 unspecified atom stereocenters. The summed E-state index contributed by atoms with van der Waals surface area (Å²) in [5.41, 5.74) is 0.965. The monoisotopic (exact) mass is 250 g/mol. The van der Waals surface area contributed by atoms with Gasteiger partial charge in [0.2, 0.25) is 0 Å². The van der Waals surface area contributed by atoms with Crippen molar-refractivity contribution >= 4 is 21.6 Å². The van der Waals surface area contributed by atoms with Gasteiger partial charge >= 0.3 is 0 Å². The van der Waals surface area contributed by atoms with Crippen LogP contribution in [0.1, 0.15) is 17.5 Å². The molecule has 0 radical (unpaired) electrons. The lowest BCUT2D eigenvalue weighted by atomic mass is 10.2. The smallest absolute Gasteiger partial charge is 0.121 e. The zero-order valence-electron chi connectivity index (χ0n) is 9.51. The van der Waals surface area contributed by atoms with Crippen molar-refractivity contribution in [2.45, 2.75) is 18.6 Å². The summed E-state index contributed by atoms with van der Waals surface area (Å²) in [6.07, 6.45) is 0.498. The number of hydrogen-bond donors (Lipinski definition) is 2. The zero-order chi connectivity index (χ0) is 11.8. The van der Waals surface area contributed by atoms with Crippen LogP contribution in [0.4, 0.5) is 0 Å². The van der Waals surface area contributed by atoms with Gasteiger partial charge < -0.3 is 15.2 Å². The van der Waals surface area contributed by atoms with Gasteiger partial charge in [0, 0.05) is 12.6 Å². The molecule has 1 aromatic heterocycles. The van der Waals surface area contributed by atoms with Crippen LogP contribution in [0, 0.1) is 0 Å². The van der Waals surface area contributed by atoms with Crippen LogP contribution in [0.2, 0.25) is 0 Å². The highest BCUT2D eigenvalue weighted by atomic mass is 32.1. The molecule has 1 aromatic carbocycles. The molecule has 2 atom stereocenters. The van der Waals surface area contributed by atoms with E-state index in [1.54, 1.807) is 18.4 Å². The molecule has 4 nitrogen and oxygen atoms in total. The summed E-state index contributed by atoms with van der Waals surface area (Å²) in [5, 5.41) is 13.8. The van der Waals surface area contributed by atoms with Gasteiger partial charge in [0.15, 0.2) is 0 Å². The summed E-state index contributed by atoms with van der Waals surface area (Å²) in [5.74, 6) is 0.828. The van der Waals surface area contributed by atoms with Crippen LogP contribution in [0.25, 0.3) is 10.2 Å². The molecule has 1 saturated heterocycles. The predicted molar refractivity (Wildman–Crippen MR) is 67.5 cm³/mol. The maximum Gasteiger partial charge on any atom is 0.121 e. The average Bonchev–Trinajstić information content (AvgIpc) is 2.93. The van der Waals surface area contributed by atoms with E-state index in [-0.39, 0.29) is 12.1 Å². The summed E-state index contributed by atoms with van der Waals surface area (Å²) in [6, 6.07) is 6.11. The second-order valence-corrected chi connectivity index (χ2v) is 5.30. The van der Waals surface area contributed by atoms with E-state index in [0.717, 1.165) is 27.4 Å². The Morgan fingerprint density at radius 1 is 1.53 bits per heavy atom. The van der Waals surface area contributed by atoms with E-state index >= 15 is 0 Å². The normalized spacial score (nSPS) is 24.4. The topological polar surface area (TPSA) is 54.4 Å². The van der Waals surface area contributed by atoms with Gasteiger partial charge in [-0.2, -0.15) is 0 Å². The Hall–Kier alpha value is -1.17.